The zero-order valence-corrected chi connectivity index (χ0v) is 12.5. The van der Waals surface area contributed by atoms with Gasteiger partial charge >= 0.3 is 5.97 Å². The number of likely N-dealkylation sites (tertiary alicyclic amines) is 1. The average Bonchev–Trinajstić information content (AvgIpc) is 3.20. The molecule has 118 valence electrons. The molecule has 1 fully saturated rings. The Morgan fingerprint density at radius 1 is 1.32 bits per heavy atom. The van der Waals surface area contributed by atoms with Crippen molar-refractivity contribution < 1.29 is 14.7 Å². The SMILES string of the molecule is O=C(CC1C=CCC1)N1CCC(C(=O)O)(n2ccnc2)CC1. The Balaban J connectivity index is 1.64. The van der Waals surface area contributed by atoms with E-state index >= 15 is 0 Å². The Kier molecular flexibility index (Phi) is 4.00. The zero-order chi connectivity index (χ0) is 15.6. The molecule has 1 unspecified atom stereocenters. The van der Waals surface area contributed by atoms with Crippen LogP contribution >= 0.6 is 0 Å². The molecule has 2 heterocycles. The normalized spacial score (nSPS) is 23.6. The third-order valence-electron chi connectivity index (χ3n) is 4.89. The molecule has 1 aliphatic heterocycles. The summed E-state index contributed by atoms with van der Waals surface area (Å²) in [5.74, 6) is -0.357. The molecule has 1 amide bonds. The lowest BCUT2D eigenvalue weighted by atomic mass is 9.87. The Morgan fingerprint density at radius 3 is 2.64 bits per heavy atom. The maximum absolute atomic E-state index is 12.3. The van der Waals surface area contributed by atoms with Gasteiger partial charge in [0, 0.05) is 31.9 Å². The number of carboxylic acid groups (broad SMARTS) is 1. The second-order valence-corrected chi connectivity index (χ2v) is 6.16. The number of allylic oxidation sites excluding steroid dienone is 2. The number of carbonyl (C=O) groups is 2. The van der Waals surface area contributed by atoms with Gasteiger partial charge in [0.25, 0.3) is 0 Å². The lowest BCUT2D eigenvalue weighted by Crippen LogP contribution is -2.52. The van der Waals surface area contributed by atoms with Crippen LogP contribution in [0.25, 0.3) is 0 Å². The van der Waals surface area contributed by atoms with Crippen LogP contribution in [0.5, 0.6) is 0 Å². The fraction of sp³-hybridized carbons (Fsp3) is 0.562. The van der Waals surface area contributed by atoms with Gasteiger partial charge in [0.1, 0.15) is 5.54 Å². The van der Waals surface area contributed by atoms with Crippen molar-refractivity contribution in [3.63, 3.8) is 0 Å². The molecular weight excluding hydrogens is 282 g/mol. The van der Waals surface area contributed by atoms with E-state index in [0.717, 1.165) is 12.8 Å². The first-order valence-electron chi connectivity index (χ1n) is 7.78. The molecule has 0 aromatic carbocycles. The van der Waals surface area contributed by atoms with Gasteiger partial charge in [-0.05, 0) is 31.6 Å². The number of amides is 1. The van der Waals surface area contributed by atoms with Gasteiger partial charge in [0.05, 0.1) is 6.33 Å². The van der Waals surface area contributed by atoms with Gasteiger partial charge in [0.2, 0.25) is 5.91 Å². The summed E-state index contributed by atoms with van der Waals surface area (Å²) in [5.41, 5.74) is -0.972. The second-order valence-electron chi connectivity index (χ2n) is 6.16. The van der Waals surface area contributed by atoms with Crippen LogP contribution in [0.4, 0.5) is 0 Å². The first-order valence-corrected chi connectivity index (χ1v) is 7.78. The van der Waals surface area contributed by atoms with Gasteiger partial charge < -0.3 is 14.6 Å². The van der Waals surface area contributed by atoms with E-state index < -0.39 is 11.5 Å². The number of aromatic nitrogens is 2. The fourth-order valence-electron chi connectivity index (χ4n) is 3.44. The van der Waals surface area contributed by atoms with E-state index in [4.69, 9.17) is 0 Å². The van der Waals surface area contributed by atoms with E-state index in [9.17, 15) is 14.7 Å². The molecule has 2 aliphatic rings. The lowest BCUT2D eigenvalue weighted by molar-refractivity contribution is -0.152. The van der Waals surface area contributed by atoms with E-state index in [-0.39, 0.29) is 5.91 Å². The predicted molar refractivity (Wildman–Crippen MR) is 80.1 cm³/mol. The molecule has 1 aliphatic carbocycles. The number of hydrogen-bond acceptors (Lipinski definition) is 3. The summed E-state index contributed by atoms with van der Waals surface area (Å²) >= 11 is 0. The summed E-state index contributed by atoms with van der Waals surface area (Å²) in [6, 6.07) is 0. The molecule has 6 nitrogen and oxygen atoms in total. The maximum Gasteiger partial charge on any atom is 0.330 e. The van der Waals surface area contributed by atoms with Crippen LogP contribution in [0, 0.1) is 5.92 Å². The van der Waals surface area contributed by atoms with Crippen molar-refractivity contribution in [1.29, 1.82) is 0 Å². The molecule has 1 aromatic rings. The van der Waals surface area contributed by atoms with E-state index in [0.29, 0.717) is 38.3 Å². The molecule has 3 rings (SSSR count). The van der Waals surface area contributed by atoms with Crippen molar-refractivity contribution in [2.75, 3.05) is 13.1 Å². The largest absolute Gasteiger partial charge is 0.479 e. The Labute approximate surface area is 129 Å². The molecule has 0 spiro atoms. The molecule has 22 heavy (non-hydrogen) atoms. The molecule has 0 bridgehead atoms. The number of rotatable bonds is 4. The van der Waals surface area contributed by atoms with Crippen LogP contribution in [-0.2, 0) is 15.1 Å². The third-order valence-corrected chi connectivity index (χ3v) is 4.89. The molecule has 1 N–H and O–H groups in total. The minimum atomic E-state index is -0.972. The highest BCUT2D eigenvalue weighted by Gasteiger charge is 2.43. The van der Waals surface area contributed by atoms with Crippen LogP contribution < -0.4 is 0 Å². The Morgan fingerprint density at radius 2 is 2.09 bits per heavy atom. The van der Waals surface area contributed by atoms with E-state index in [2.05, 4.69) is 17.1 Å². The smallest absolute Gasteiger partial charge is 0.330 e. The van der Waals surface area contributed by atoms with Crippen molar-refractivity contribution in [2.24, 2.45) is 5.92 Å². The van der Waals surface area contributed by atoms with Crippen LogP contribution in [0.1, 0.15) is 32.1 Å². The topological polar surface area (TPSA) is 75.4 Å². The molecular formula is C16H21N3O3. The fourth-order valence-corrected chi connectivity index (χ4v) is 3.44. The molecule has 6 heteroatoms. The quantitative estimate of drug-likeness (QED) is 0.858. The van der Waals surface area contributed by atoms with Crippen molar-refractivity contribution in [3.8, 4) is 0 Å². The maximum atomic E-state index is 12.3. The molecule has 0 radical (unpaired) electrons. The predicted octanol–water partition coefficient (Wildman–Crippen LogP) is 1.64. The molecule has 1 saturated heterocycles. The summed E-state index contributed by atoms with van der Waals surface area (Å²) in [6.45, 7) is 0.972. The number of carboxylic acids is 1. The lowest BCUT2D eigenvalue weighted by Gasteiger charge is -2.39. The van der Waals surface area contributed by atoms with Gasteiger partial charge in [-0.2, -0.15) is 0 Å². The summed E-state index contributed by atoms with van der Waals surface area (Å²) < 4.78 is 1.66. The number of carbonyl (C=O) groups excluding carboxylic acids is 1. The van der Waals surface area contributed by atoms with E-state index in [1.54, 1.807) is 23.3 Å². The number of imidazole rings is 1. The average molecular weight is 303 g/mol. The number of nitrogens with zero attached hydrogens (tertiary/aromatic N) is 3. The van der Waals surface area contributed by atoms with Crippen LogP contribution in [-0.4, -0.2) is 44.5 Å². The number of aliphatic carboxylic acids is 1. The van der Waals surface area contributed by atoms with Crippen molar-refractivity contribution in [1.82, 2.24) is 14.5 Å². The van der Waals surface area contributed by atoms with Crippen LogP contribution in [0.3, 0.4) is 0 Å². The van der Waals surface area contributed by atoms with Crippen molar-refractivity contribution in [2.45, 2.75) is 37.6 Å². The third kappa shape index (κ3) is 2.65. The van der Waals surface area contributed by atoms with Gasteiger partial charge in [-0.3, -0.25) is 4.79 Å². The second kappa shape index (κ2) is 5.94. The standard InChI is InChI=1S/C16H21N3O3/c20-14(11-13-3-1-2-4-13)18-8-5-16(6-9-18,15(21)22)19-10-7-17-12-19/h1,3,7,10,12-13H,2,4-6,8-9,11H2,(H,21,22). The summed E-state index contributed by atoms with van der Waals surface area (Å²) in [6.07, 6.45) is 12.6. The summed E-state index contributed by atoms with van der Waals surface area (Å²) in [4.78, 5) is 29.9. The highest BCUT2D eigenvalue weighted by atomic mass is 16.4. The highest BCUT2D eigenvalue weighted by Crippen LogP contribution is 2.31. The first-order chi connectivity index (χ1) is 10.6. The highest BCUT2D eigenvalue weighted by molar-refractivity contribution is 5.79. The van der Waals surface area contributed by atoms with Gasteiger partial charge in [0.15, 0.2) is 0 Å². The molecule has 1 aromatic heterocycles. The zero-order valence-electron chi connectivity index (χ0n) is 12.5. The van der Waals surface area contributed by atoms with E-state index in [1.165, 1.54) is 0 Å². The summed E-state index contributed by atoms with van der Waals surface area (Å²) in [7, 11) is 0. The van der Waals surface area contributed by atoms with Crippen molar-refractivity contribution in [3.05, 3.63) is 30.9 Å². The van der Waals surface area contributed by atoms with Gasteiger partial charge in [-0.15, -0.1) is 0 Å². The summed E-state index contributed by atoms with van der Waals surface area (Å²) in [5, 5.41) is 9.65. The monoisotopic (exact) mass is 303 g/mol. The number of hydrogen-bond donors (Lipinski definition) is 1. The van der Waals surface area contributed by atoms with Crippen molar-refractivity contribution >= 4 is 11.9 Å². The van der Waals surface area contributed by atoms with Crippen LogP contribution in [0.15, 0.2) is 30.9 Å². The molecule has 0 saturated carbocycles. The van der Waals surface area contributed by atoms with Crippen LogP contribution in [0.2, 0.25) is 0 Å². The molecule has 1 atom stereocenters. The Bertz CT molecular complexity index is 571. The minimum Gasteiger partial charge on any atom is -0.479 e. The number of piperidine rings is 1. The minimum absolute atomic E-state index is 0.140. The Hall–Kier alpha value is -2.11. The van der Waals surface area contributed by atoms with E-state index in [1.807, 2.05) is 4.90 Å². The van der Waals surface area contributed by atoms with Gasteiger partial charge in [-0.1, -0.05) is 12.2 Å². The first kappa shape index (κ1) is 14.8. The van der Waals surface area contributed by atoms with Gasteiger partial charge in [-0.25, -0.2) is 9.78 Å².